The van der Waals surface area contributed by atoms with Crippen LogP contribution in [0.5, 0.6) is 0 Å². The summed E-state index contributed by atoms with van der Waals surface area (Å²) in [5.41, 5.74) is 3.54. The highest BCUT2D eigenvalue weighted by atomic mass is 15.1. The second-order valence-corrected chi connectivity index (χ2v) is 14.3. The van der Waals surface area contributed by atoms with Crippen LogP contribution < -0.4 is 98.3 Å². The lowest BCUT2D eigenvalue weighted by molar-refractivity contribution is 1.13. The maximum atomic E-state index is 7.06. The normalized spacial score (nSPS) is 11.6. The molecule has 36 radical (unpaired) electrons. The minimum atomic E-state index is -0.0235. The third kappa shape index (κ3) is 5.85. The van der Waals surface area contributed by atoms with Gasteiger partial charge in [0.05, 0.1) is 16.7 Å². The van der Waals surface area contributed by atoms with Gasteiger partial charge in [-0.15, -0.1) is 54.6 Å². The zero-order valence-corrected chi connectivity index (χ0v) is 31.4. The molecule has 59 heavy (non-hydrogen) atoms. The standard InChI is InChI=1S/C39H8B18N2/c40-20-14(21(41)29(49)36(56)28(20)48)10-5-3-4-9(8-10)13-15-17(24(44)32(52)30(50)22(15)42)38(18-16(13)23(43)31(51)33(53)25(18)45)59-12-7-2-1-6-11(12)58-39(59)19-26(46)34(54)37(57)35(55)27(19)47/h1-8H. The smallest absolute Gasteiger partial charge is 0.144 e. The molecule has 20 heteroatoms. The topological polar surface area (TPSA) is 17.8 Å². The number of hydrogen-bond donors (Lipinski definition) is 0. The average Bonchev–Trinajstić information content (AvgIpc) is 3.60. The summed E-state index contributed by atoms with van der Waals surface area (Å²) in [4.78, 5) is 5.00. The van der Waals surface area contributed by atoms with Gasteiger partial charge < -0.3 is 0 Å². The van der Waals surface area contributed by atoms with Crippen LogP contribution in [-0.2, 0) is 0 Å². The van der Waals surface area contributed by atoms with Gasteiger partial charge in [0, 0.05) is 5.56 Å². The monoisotopic (exact) mass is 702 g/mol. The van der Waals surface area contributed by atoms with Gasteiger partial charge in [-0.3, -0.25) is 4.57 Å². The fraction of sp³-hybridized carbons (Fsp3) is 0. The van der Waals surface area contributed by atoms with Crippen molar-refractivity contribution < 1.29 is 0 Å². The molecular weight excluding hydrogens is 691 g/mol. The highest BCUT2D eigenvalue weighted by Gasteiger charge is 2.29. The van der Waals surface area contributed by atoms with E-state index in [4.69, 9.17) is 146 Å². The SMILES string of the molecule is [B]c1c([B])c([B])c(-c2cccc(-c3c4c([B])c([B])c([B])c([B])c4c(-n4c(-c5c([B])c([B])c([B])c([B])c5[B])nc5ccccc54)c4c([B])c([B])c([B])c([B])c34)c2)c([B])c1[B]. The van der Waals surface area contributed by atoms with E-state index in [1.807, 2.05) is 0 Å². The quantitative estimate of drug-likeness (QED) is 0.132. The number of aromatic nitrogens is 2. The first kappa shape index (κ1) is 41.4. The molecule has 8 aromatic rings. The lowest BCUT2D eigenvalue weighted by Gasteiger charge is -2.30. The van der Waals surface area contributed by atoms with Crippen molar-refractivity contribution in [1.82, 2.24) is 9.55 Å². The Hall–Kier alpha value is -4.30. The molecule has 0 saturated carbocycles. The van der Waals surface area contributed by atoms with Gasteiger partial charge in [0.25, 0.3) is 0 Å². The molecule has 0 spiro atoms. The number of benzene rings is 7. The second-order valence-electron chi connectivity index (χ2n) is 14.3. The van der Waals surface area contributed by atoms with E-state index in [-0.39, 0.29) is 126 Å². The highest BCUT2D eigenvalue weighted by Crippen LogP contribution is 2.41. The third-order valence-corrected chi connectivity index (χ3v) is 11.1. The van der Waals surface area contributed by atoms with Crippen LogP contribution in [0.4, 0.5) is 0 Å². The molecular formula is C39H8B18N2. The third-order valence-electron chi connectivity index (χ3n) is 11.1. The molecule has 0 aliphatic heterocycles. The van der Waals surface area contributed by atoms with E-state index in [1.165, 1.54) is 0 Å². The number of nitrogens with zero attached hydrogens (tertiary/aromatic N) is 2. The summed E-state index contributed by atoms with van der Waals surface area (Å²) < 4.78 is 1.72. The summed E-state index contributed by atoms with van der Waals surface area (Å²) in [5, 5.41) is 1.11. The summed E-state index contributed by atoms with van der Waals surface area (Å²) in [6.07, 6.45) is 0. The average molecular weight is 699 g/mol. The summed E-state index contributed by atoms with van der Waals surface area (Å²) >= 11 is 0. The van der Waals surface area contributed by atoms with Gasteiger partial charge in [-0.05, 0) is 62.0 Å². The largest absolute Gasteiger partial charge is 0.291 e. The van der Waals surface area contributed by atoms with E-state index in [0.717, 1.165) is 0 Å². The zero-order valence-electron chi connectivity index (χ0n) is 31.4. The van der Waals surface area contributed by atoms with E-state index in [0.29, 0.717) is 44.1 Å². The van der Waals surface area contributed by atoms with Crippen molar-refractivity contribution in [3.8, 4) is 39.3 Å². The fourth-order valence-electron chi connectivity index (χ4n) is 7.93. The first-order valence-corrected chi connectivity index (χ1v) is 17.7. The molecule has 8 rings (SSSR count). The minimum Gasteiger partial charge on any atom is -0.291 e. The Morgan fingerprint density at radius 2 is 0.678 bits per heavy atom. The fourth-order valence-corrected chi connectivity index (χ4v) is 7.93. The van der Waals surface area contributed by atoms with Crippen LogP contribution in [0.2, 0.25) is 0 Å². The molecule has 0 bridgehead atoms. The molecule has 0 aliphatic carbocycles. The molecule has 1 aromatic heterocycles. The van der Waals surface area contributed by atoms with Gasteiger partial charge in [-0.25, -0.2) is 4.98 Å². The lowest BCUT2D eigenvalue weighted by Crippen LogP contribution is -2.55. The van der Waals surface area contributed by atoms with Crippen molar-refractivity contribution in [2.24, 2.45) is 0 Å². The van der Waals surface area contributed by atoms with E-state index in [2.05, 4.69) is 0 Å². The van der Waals surface area contributed by atoms with E-state index in [9.17, 15) is 0 Å². The lowest BCUT2D eigenvalue weighted by atomic mass is 9.59. The summed E-state index contributed by atoms with van der Waals surface area (Å²) in [6, 6.07) is 14.2. The van der Waals surface area contributed by atoms with E-state index in [1.54, 1.807) is 53.1 Å². The Balaban J connectivity index is 1.67. The molecule has 0 fully saturated rings. The molecule has 228 valence electrons. The number of fused-ring (bicyclic) bond motifs is 3. The van der Waals surface area contributed by atoms with Gasteiger partial charge in [-0.2, -0.15) is 0 Å². The van der Waals surface area contributed by atoms with Gasteiger partial charge in [-0.1, -0.05) is 74.0 Å². The van der Waals surface area contributed by atoms with Gasteiger partial charge in [0.2, 0.25) is 0 Å². The number of para-hydroxylation sites is 2. The molecule has 0 amide bonds. The summed E-state index contributed by atoms with van der Waals surface area (Å²) in [6.45, 7) is 0. The minimum absolute atomic E-state index is 0.00211. The van der Waals surface area contributed by atoms with Crippen LogP contribution >= 0.6 is 0 Å². The Morgan fingerprint density at radius 1 is 0.322 bits per heavy atom. The van der Waals surface area contributed by atoms with Crippen LogP contribution in [0.15, 0.2) is 48.5 Å². The van der Waals surface area contributed by atoms with E-state index < -0.39 is 0 Å². The first-order valence-electron chi connectivity index (χ1n) is 17.7. The van der Waals surface area contributed by atoms with Crippen molar-refractivity contribution in [3.05, 3.63) is 48.5 Å². The number of imidazole rings is 1. The number of rotatable bonds is 4. The van der Waals surface area contributed by atoms with Crippen molar-refractivity contribution in [2.45, 2.75) is 0 Å². The molecule has 1 heterocycles. The van der Waals surface area contributed by atoms with Crippen molar-refractivity contribution in [1.29, 1.82) is 0 Å². The van der Waals surface area contributed by atoms with Gasteiger partial charge in [0.15, 0.2) is 0 Å². The van der Waals surface area contributed by atoms with Crippen LogP contribution in [0.1, 0.15) is 0 Å². The maximum absolute atomic E-state index is 7.06. The summed E-state index contributed by atoms with van der Waals surface area (Å²) in [7, 11) is 119. The molecule has 2 nitrogen and oxygen atoms in total. The van der Waals surface area contributed by atoms with Crippen molar-refractivity contribution >= 4 is 272 Å². The Labute approximate surface area is 367 Å². The van der Waals surface area contributed by atoms with Gasteiger partial charge in [0.1, 0.15) is 147 Å². The van der Waals surface area contributed by atoms with Crippen LogP contribution in [-0.4, -0.2) is 151 Å². The zero-order chi connectivity index (χ0) is 42.8. The number of hydrogen-bond acceptors (Lipinski definition) is 1. The van der Waals surface area contributed by atoms with Crippen LogP contribution in [0.25, 0.3) is 71.9 Å². The first-order chi connectivity index (χ1) is 27.8. The molecule has 7 aromatic carbocycles. The predicted molar refractivity (Wildman–Crippen MR) is 269 cm³/mol. The molecule has 0 saturated heterocycles. The Kier molecular flexibility index (Phi) is 10.3. The van der Waals surface area contributed by atoms with Crippen LogP contribution in [0, 0.1) is 0 Å². The van der Waals surface area contributed by atoms with Crippen molar-refractivity contribution in [2.75, 3.05) is 0 Å². The Bertz CT molecular complexity index is 3070. The predicted octanol–water partition coefficient (Wildman–Crippen LogP) is -11.4. The molecule has 0 aliphatic rings. The summed E-state index contributed by atoms with van der Waals surface area (Å²) in [5.74, 6) is 0.156. The van der Waals surface area contributed by atoms with Gasteiger partial charge >= 0.3 is 0 Å². The maximum Gasteiger partial charge on any atom is 0.144 e. The Morgan fingerprint density at radius 3 is 1.14 bits per heavy atom. The highest BCUT2D eigenvalue weighted by molar-refractivity contribution is 6.73. The molecule has 0 unspecified atom stereocenters. The molecule has 0 N–H and O–H groups in total. The second kappa shape index (κ2) is 14.7. The van der Waals surface area contributed by atoms with Crippen molar-refractivity contribution in [3.63, 3.8) is 0 Å². The van der Waals surface area contributed by atoms with Crippen LogP contribution in [0.3, 0.4) is 0 Å². The molecule has 0 atom stereocenters. The van der Waals surface area contributed by atoms with E-state index >= 15 is 0 Å².